The van der Waals surface area contributed by atoms with E-state index < -0.39 is 22.4 Å². The number of hydrogen-bond acceptors (Lipinski definition) is 9. The Morgan fingerprint density at radius 3 is 2.59 bits per heavy atom. The number of carbonyl (C=O) groups excluding carboxylic acids is 1. The van der Waals surface area contributed by atoms with Crippen molar-refractivity contribution >= 4 is 43.5 Å². The first-order chi connectivity index (χ1) is 21.1. The largest absolute Gasteiger partial charge is 0.490 e. The Morgan fingerprint density at radius 2 is 1.84 bits per heavy atom. The van der Waals surface area contributed by atoms with Gasteiger partial charge in [-0.1, -0.05) is 30.3 Å². The van der Waals surface area contributed by atoms with Gasteiger partial charge >= 0.3 is 0 Å². The Morgan fingerprint density at radius 1 is 1.07 bits per heavy atom. The normalized spacial score (nSPS) is 15.1. The molecule has 0 amide bonds. The first-order valence-corrected chi connectivity index (χ1v) is 16.0. The van der Waals surface area contributed by atoms with E-state index in [2.05, 4.69) is 9.71 Å². The summed E-state index contributed by atoms with van der Waals surface area (Å²) in [6.07, 6.45) is 1.62. The minimum atomic E-state index is -4.12. The number of benzene rings is 2. The molecule has 0 unspecified atom stereocenters. The average Bonchev–Trinajstić information content (AvgIpc) is 3.37. The molecule has 5 aromatic rings. The second-order valence-corrected chi connectivity index (χ2v) is 12.8. The van der Waals surface area contributed by atoms with Crippen molar-refractivity contribution < 1.29 is 27.1 Å². The molecule has 228 valence electrons. The van der Waals surface area contributed by atoms with Crippen LogP contribution in [0.5, 0.6) is 5.75 Å². The van der Waals surface area contributed by atoms with E-state index in [1.54, 1.807) is 6.07 Å². The second-order valence-electron chi connectivity index (χ2n) is 11.1. The van der Waals surface area contributed by atoms with Crippen LogP contribution in [0.4, 0.5) is 5.82 Å². The molecule has 11 heteroatoms. The molecule has 1 aliphatic rings. The van der Waals surface area contributed by atoms with E-state index in [0.29, 0.717) is 52.8 Å². The molecule has 0 bridgehead atoms. The number of rotatable bonds is 9. The number of nitrogen functional groups attached to an aromatic ring is 1. The number of furan rings is 1. The average molecular weight is 615 g/mol. The quantitative estimate of drug-likeness (QED) is 0.203. The summed E-state index contributed by atoms with van der Waals surface area (Å²) in [5, 5.41) is 1.19. The lowest BCUT2D eigenvalue weighted by molar-refractivity contribution is 0.0243. The fourth-order valence-corrected chi connectivity index (χ4v) is 6.64. The van der Waals surface area contributed by atoms with Gasteiger partial charge in [0.25, 0.3) is 10.0 Å². The number of aryl methyl sites for hydroxylation is 2. The lowest BCUT2D eigenvalue weighted by Gasteiger charge is -2.29. The van der Waals surface area contributed by atoms with Crippen LogP contribution in [0.3, 0.4) is 0 Å². The number of aromatic nitrogens is 2. The van der Waals surface area contributed by atoms with Crippen molar-refractivity contribution in [3.63, 3.8) is 0 Å². The summed E-state index contributed by atoms with van der Waals surface area (Å²) in [7, 11) is -4.12. The number of para-hydroxylation sites is 1. The molecule has 1 aliphatic heterocycles. The summed E-state index contributed by atoms with van der Waals surface area (Å²) >= 11 is 0. The molecule has 4 heterocycles. The summed E-state index contributed by atoms with van der Waals surface area (Å²) < 4.78 is 46.7. The number of sulfonamides is 1. The number of nitrogens with two attached hydrogens (primary N) is 1. The Hall–Kier alpha value is -4.32. The number of ketones is 1. The number of anilines is 1. The molecule has 3 aromatic heterocycles. The summed E-state index contributed by atoms with van der Waals surface area (Å²) in [6, 6.07) is 17.4. The number of carbonyl (C=O) groups is 1. The summed E-state index contributed by atoms with van der Waals surface area (Å²) in [4.78, 5) is 22.9. The number of hydrogen-bond donors (Lipinski definition) is 2. The van der Waals surface area contributed by atoms with E-state index >= 15 is 0 Å². The second kappa shape index (κ2) is 12.0. The highest BCUT2D eigenvalue weighted by Crippen LogP contribution is 2.38. The Balaban J connectivity index is 1.45. The highest BCUT2D eigenvalue weighted by atomic mass is 32.2. The van der Waals surface area contributed by atoms with Crippen LogP contribution in [0.2, 0.25) is 0 Å². The molecule has 2 aromatic carbocycles. The fourth-order valence-electron chi connectivity index (χ4n) is 5.69. The maximum Gasteiger partial charge on any atom is 0.258 e. The predicted molar refractivity (Wildman–Crippen MR) is 168 cm³/mol. The van der Waals surface area contributed by atoms with Gasteiger partial charge in [-0.15, -0.1) is 0 Å². The zero-order valence-electron chi connectivity index (χ0n) is 24.8. The molecule has 1 fully saturated rings. The Kier molecular flexibility index (Phi) is 8.10. The number of pyridine rings is 2. The van der Waals surface area contributed by atoms with Crippen LogP contribution in [0, 0.1) is 19.8 Å². The van der Waals surface area contributed by atoms with Crippen molar-refractivity contribution in [2.75, 3.05) is 25.5 Å². The zero-order valence-corrected chi connectivity index (χ0v) is 25.6. The minimum absolute atomic E-state index is 0.0566. The maximum absolute atomic E-state index is 14.0. The van der Waals surface area contributed by atoms with Gasteiger partial charge in [0.15, 0.2) is 16.6 Å². The fraction of sp³-hybridized carbons (Fsp3) is 0.303. The highest BCUT2D eigenvalue weighted by Gasteiger charge is 2.27. The van der Waals surface area contributed by atoms with Crippen LogP contribution >= 0.6 is 0 Å². The van der Waals surface area contributed by atoms with Gasteiger partial charge < -0.3 is 19.6 Å². The smallest absolute Gasteiger partial charge is 0.258 e. The standard InChI is InChI=1S/C33H34N4O6S/c1-19-11-12-28(42-21(3)22-13-15-41-16-14-22)31-24(26(38)18-35-44(39,40)30-10-6-9-29(34)37-30)17-25(36-32(19)31)33-20(2)23-7-4-5-8-27(23)43-33/h4-12,17,21-22,35H,13-16,18H2,1-3H3,(H2,34,37)/t21-/m1/s1. The van der Waals surface area contributed by atoms with Crippen molar-refractivity contribution in [1.82, 2.24) is 14.7 Å². The number of nitrogens with one attached hydrogen (secondary N) is 1. The number of fused-ring (bicyclic) bond motifs is 2. The van der Waals surface area contributed by atoms with E-state index in [0.717, 1.165) is 29.4 Å². The Bertz CT molecular complexity index is 1980. The van der Waals surface area contributed by atoms with E-state index in [4.69, 9.17) is 24.6 Å². The van der Waals surface area contributed by atoms with Crippen LogP contribution in [0.1, 0.15) is 41.3 Å². The zero-order chi connectivity index (χ0) is 31.0. The third-order valence-corrected chi connectivity index (χ3v) is 9.49. The van der Waals surface area contributed by atoms with Crippen LogP contribution in [-0.4, -0.2) is 50.0 Å². The number of Topliss-reactive ketones (excluding diaryl/α,β-unsaturated/α-hetero) is 1. The van der Waals surface area contributed by atoms with E-state index in [1.165, 1.54) is 18.2 Å². The molecule has 0 saturated carbocycles. The first kappa shape index (κ1) is 29.7. The first-order valence-electron chi connectivity index (χ1n) is 14.5. The van der Waals surface area contributed by atoms with E-state index in [1.807, 2.05) is 57.2 Å². The molecule has 0 radical (unpaired) electrons. The van der Waals surface area contributed by atoms with Gasteiger partial charge in [0.2, 0.25) is 0 Å². The third kappa shape index (κ3) is 5.78. The van der Waals surface area contributed by atoms with Gasteiger partial charge in [0.1, 0.15) is 22.8 Å². The molecular weight excluding hydrogens is 580 g/mol. The van der Waals surface area contributed by atoms with Crippen LogP contribution < -0.4 is 15.2 Å². The maximum atomic E-state index is 14.0. The molecule has 0 aliphatic carbocycles. The van der Waals surface area contributed by atoms with Gasteiger partial charge in [-0.25, -0.2) is 23.1 Å². The topological polar surface area (TPSA) is 147 Å². The van der Waals surface area contributed by atoms with Crippen molar-refractivity contribution in [3.05, 3.63) is 77.4 Å². The molecular formula is C33H34N4O6S. The lowest BCUT2D eigenvalue weighted by atomic mass is 9.94. The Labute approximate surface area is 255 Å². The molecule has 0 spiro atoms. The highest BCUT2D eigenvalue weighted by molar-refractivity contribution is 7.89. The van der Waals surface area contributed by atoms with E-state index in [-0.39, 0.29) is 22.5 Å². The van der Waals surface area contributed by atoms with Crippen molar-refractivity contribution in [1.29, 1.82) is 0 Å². The number of nitrogens with zero attached hydrogens (tertiary/aromatic N) is 2. The summed E-state index contributed by atoms with van der Waals surface area (Å²) in [5.41, 5.74) is 9.43. The van der Waals surface area contributed by atoms with Gasteiger partial charge in [-0.05, 0) is 75.4 Å². The molecule has 6 rings (SSSR count). The lowest BCUT2D eigenvalue weighted by Crippen LogP contribution is -2.31. The van der Waals surface area contributed by atoms with Gasteiger partial charge in [0, 0.05) is 29.7 Å². The molecule has 1 saturated heterocycles. The predicted octanol–water partition coefficient (Wildman–Crippen LogP) is 5.60. The third-order valence-electron chi connectivity index (χ3n) is 8.19. The van der Waals surface area contributed by atoms with Crippen molar-refractivity contribution in [3.8, 4) is 17.2 Å². The van der Waals surface area contributed by atoms with Crippen LogP contribution in [0.15, 0.2) is 70.1 Å². The van der Waals surface area contributed by atoms with Gasteiger partial charge in [-0.2, -0.15) is 0 Å². The van der Waals surface area contributed by atoms with Crippen molar-refractivity contribution in [2.45, 2.75) is 44.7 Å². The van der Waals surface area contributed by atoms with Crippen LogP contribution in [-0.2, 0) is 14.8 Å². The SMILES string of the molecule is Cc1c(-c2cc(C(=O)CNS(=O)(=O)c3cccc(N)n3)c3c(O[C@H](C)C4CCOCC4)ccc(C)c3n2)oc2ccccc12. The van der Waals surface area contributed by atoms with Crippen molar-refractivity contribution in [2.24, 2.45) is 5.92 Å². The monoisotopic (exact) mass is 614 g/mol. The molecule has 1 atom stereocenters. The molecule has 10 nitrogen and oxygen atoms in total. The van der Waals surface area contributed by atoms with E-state index in [9.17, 15) is 13.2 Å². The molecule has 44 heavy (non-hydrogen) atoms. The van der Waals surface area contributed by atoms with Gasteiger partial charge in [0.05, 0.1) is 23.6 Å². The van der Waals surface area contributed by atoms with Crippen LogP contribution in [0.25, 0.3) is 33.3 Å². The summed E-state index contributed by atoms with van der Waals surface area (Å²) in [5.74, 6) is 0.930. The van der Waals surface area contributed by atoms with Gasteiger partial charge in [-0.3, -0.25) is 4.79 Å². The number of ether oxygens (including phenoxy) is 2. The molecule has 3 N–H and O–H groups in total. The summed E-state index contributed by atoms with van der Waals surface area (Å²) in [6.45, 7) is 6.73. The minimum Gasteiger partial charge on any atom is -0.490 e.